The minimum absolute atomic E-state index is 0.00717. The molecule has 0 saturated carbocycles. The molecular weight excluding hydrogens is 307 g/mol. The molecule has 0 bridgehead atoms. The molecular formula is C14H11F5N2O. The van der Waals surface area contributed by atoms with Gasteiger partial charge in [0.15, 0.2) is 6.29 Å². The number of aromatic nitrogens is 2. The minimum atomic E-state index is -4.44. The number of benzene rings is 1. The van der Waals surface area contributed by atoms with Crippen molar-refractivity contribution in [2.24, 2.45) is 7.05 Å². The molecule has 2 aromatic rings. The Morgan fingerprint density at radius 2 is 1.82 bits per heavy atom. The lowest BCUT2D eigenvalue weighted by atomic mass is 10.0. The van der Waals surface area contributed by atoms with Gasteiger partial charge in [-0.15, -0.1) is 0 Å². The highest BCUT2D eigenvalue weighted by Crippen LogP contribution is 2.30. The molecule has 2 rings (SSSR count). The molecule has 3 nitrogen and oxygen atoms in total. The van der Waals surface area contributed by atoms with E-state index in [-0.39, 0.29) is 24.0 Å². The fraction of sp³-hybridized carbons (Fsp3) is 0.286. The first kappa shape index (κ1) is 16.1. The lowest BCUT2D eigenvalue weighted by Gasteiger charge is -2.07. The Morgan fingerprint density at radius 3 is 2.27 bits per heavy atom. The molecule has 0 radical (unpaired) electrons. The van der Waals surface area contributed by atoms with Gasteiger partial charge in [-0.1, -0.05) is 12.1 Å². The number of carbonyl (C=O) groups is 1. The van der Waals surface area contributed by atoms with Crippen molar-refractivity contribution in [3.63, 3.8) is 0 Å². The minimum Gasteiger partial charge on any atom is -0.298 e. The van der Waals surface area contributed by atoms with E-state index in [4.69, 9.17) is 0 Å². The van der Waals surface area contributed by atoms with Crippen LogP contribution in [0.2, 0.25) is 0 Å². The number of hydrogen-bond acceptors (Lipinski definition) is 2. The Bertz CT molecular complexity index is 674. The molecule has 0 aliphatic heterocycles. The summed E-state index contributed by atoms with van der Waals surface area (Å²) in [5, 5.41) is 3.85. The standard InChI is InChI=1S/C14H11F5N2O/c1-21-12(13(15)16)10(7-22)11(20-21)6-8-2-4-9(5-3-8)14(17,18)19/h2-5,7,13H,6H2,1H3. The molecule has 1 aromatic heterocycles. The summed E-state index contributed by atoms with van der Waals surface area (Å²) in [5.41, 5.74) is -0.988. The van der Waals surface area contributed by atoms with Gasteiger partial charge in [0, 0.05) is 13.5 Å². The maximum absolute atomic E-state index is 12.9. The largest absolute Gasteiger partial charge is 0.416 e. The van der Waals surface area contributed by atoms with E-state index in [0.29, 0.717) is 5.56 Å². The third-order valence-corrected chi connectivity index (χ3v) is 3.18. The van der Waals surface area contributed by atoms with E-state index in [1.54, 1.807) is 0 Å². The third kappa shape index (κ3) is 3.15. The van der Waals surface area contributed by atoms with Crippen LogP contribution in [0.5, 0.6) is 0 Å². The van der Waals surface area contributed by atoms with Crippen molar-refractivity contribution in [3.8, 4) is 0 Å². The molecule has 0 unspecified atom stereocenters. The lowest BCUT2D eigenvalue weighted by molar-refractivity contribution is -0.137. The number of carbonyl (C=O) groups excluding carboxylic acids is 1. The van der Waals surface area contributed by atoms with Crippen molar-refractivity contribution >= 4 is 6.29 Å². The maximum Gasteiger partial charge on any atom is 0.416 e. The van der Waals surface area contributed by atoms with Crippen molar-refractivity contribution in [1.82, 2.24) is 9.78 Å². The van der Waals surface area contributed by atoms with E-state index >= 15 is 0 Å². The highest BCUT2D eigenvalue weighted by Gasteiger charge is 2.30. The monoisotopic (exact) mass is 318 g/mol. The first-order valence-electron chi connectivity index (χ1n) is 6.19. The second-order valence-corrected chi connectivity index (χ2v) is 4.66. The van der Waals surface area contributed by atoms with E-state index < -0.39 is 23.9 Å². The van der Waals surface area contributed by atoms with E-state index in [1.165, 1.54) is 19.2 Å². The molecule has 1 aromatic carbocycles. The summed E-state index contributed by atoms with van der Waals surface area (Å²) in [6, 6.07) is 4.25. The number of aldehydes is 1. The topological polar surface area (TPSA) is 34.9 Å². The molecule has 0 aliphatic rings. The molecule has 0 aliphatic carbocycles. The fourth-order valence-corrected chi connectivity index (χ4v) is 2.13. The van der Waals surface area contributed by atoms with E-state index in [0.717, 1.165) is 16.8 Å². The van der Waals surface area contributed by atoms with Gasteiger partial charge in [0.1, 0.15) is 5.69 Å². The zero-order valence-corrected chi connectivity index (χ0v) is 11.4. The number of aryl methyl sites for hydroxylation is 1. The Morgan fingerprint density at radius 1 is 1.23 bits per heavy atom. The summed E-state index contributed by atoms with van der Waals surface area (Å²) in [7, 11) is 1.28. The first-order valence-corrected chi connectivity index (χ1v) is 6.19. The van der Waals surface area contributed by atoms with Gasteiger partial charge in [0.25, 0.3) is 6.43 Å². The van der Waals surface area contributed by atoms with Crippen LogP contribution in [0.1, 0.15) is 39.3 Å². The molecule has 0 amide bonds. The zero-order valence-electron chi connectivity index (χ0n) is 11.4. The van der Waals surface area contributed by atoms with Crippen LogP contribution in [0, 0.1) is 0 Å². The maximum atomic E-state index is 12.9. The average molecular weight is 318 g/mol. The fourth-order valence-electron chi connectivity index (χ4n) is 2.13. The average Bonchev–Trinajstić information content (AvgIpc) is 2.74. The zero-order chi connectivity index (χ0) is 16.5. The smallest absolute Gasteiger partial charge is 0.298 e. The van der Waals surface area contributed by atoms with E-state index in [2.05, 4.69) is 5.10 Å². The second-order valence-electron chi connectivity index (χ2n) is 4.66. The molecule has 0 atom stereocenters. The van der Waals surface area contributed by atoms with Gasteiger partial charge < -0.3 is 0 Å². The molecule has 118 valence electrons. The molecule has 0 spiro atoms. The number of alkyl halides is 5. The molecule has 0 N–H and O–H groups in total. The second kappa shape index (κ2) is 5.86. The van der Waals surface area contributed by atoms with Crippen molar-refractivity contribution in [2.45, 2.75) is 19.0 Å². The predicted molar refractivity (Wildman–Crippen MR) is 67.8 cm³/mol. The molecule has 0 fully saturated rings. The van der Waals surface area contributed by atoms with Gasteiger partial charge >= 0.3 is 6.18 Å². The summed E-state index contributed by atoms with van der Waals surface area (Å²) in [4.78, 5) is 11.0. The van der Waals surface area contributed by atoms with Crippen LogP contribution in [-0.4, -0.2) is 16.1 Å². The van der Waals surface area contributed by atoms with Crippen LogP contribution >= 0.6 is 0 Å². The Kier molecular flexibility index (Phi) is 4.30. The summed E-state index contributed by atoms with van der Waals surface area (Å²) < 4.78 is 64.0. The summed E-state index contributed by atoms with van der Waals surface area (Å²) in [6.07, 6.45) is -7.03. The lowest BCUT2D eigenvalue weighted by Crippen LogP contribution is -2.04. The van der Waals surface area contributed by atoms with Crippen LogP contribution in [-0.2, 0) is 19.6 Å². The van der Waals surface area contributed by atoms with Crippen molar-refractivity contribution in [2.75, 3.05) is 0 Å². The highest BCUT2D eigenvalue weighted by atomic mass is 19.4. The van der Waals surface area contributed by atoms with Crippen LogP contribution in [0.3, 0.4) is 0 Å². The van der Waals surface area contributed by atoms with Gasteiger partial charge in [0.05, 0.1) is 16.8 Å². The van der Waals surface area contributed by atoms with Crippen molar-refractivity contribution < 1.29 is 26.7 Å². The van der Waals surface area contributed by atoms with Crippen LogP contribution in [0.15, 0.2) is 24.3 Å². The van der Waals surface area contributed by atoms with E-state index in [1.807, 2.05) is 0 Å². The van der Waals surface area contributed by atoms with Gasteiger partial charge in [-0.25, -0.2) is 8.78 Å². The first-order chi connectivity index (χ1) is 10.2. The van der Waals surface area contributed by atoms with Crippen LogP contribution in [0.25, 0.3) is 0 Å². The summed E-state index contributed by atoms with van der Waals surface area (Å²) >= 11 is 0. The Balaban J connectivity index is 2.32. The van der Waals surface area contributed by atoms with Gasteiger partial charge in [0.2, 0.25) is 0 Å². The number of halogens is 5. The molecule has 1 heterocycles. The SMILES string of the molecule is Cn1nc(Cc2ccc(C(F)(F)F)cc2)c(C=O)c1C(F)F. The number of rotatable bonds is 4. The third-order valence-electron chi connectivity index (χ3n) is 3.18. The molecule has 8 heteroatoms. The Hall–Kier alpha value is -2.25. The van der Waals surface area contributed by atoms with Gasteiger partial charge in [-0.2, -0.15) is 18.3 Å². The summed E-state index contributed by atoms with van der Waals surface area (Å²) in [5.74, 6) is 0. The van der Waals surface area contributed by atoms with Crippen LogP contribution < -0.4 is 0 Å². The van der Waals surface area contributed by atoms with Crippen molar-refractivity contribution in [1.29, 1.82) is 0 Å². The Labute approximate surface area is 122 Å². The molecule has 0 saturated heterocycles. The predicted octanol–water partition coefficient (Wildman–Crippen LogP) is 3.78. The number of nitrogens with zero attached hydrogens (tertiary/aromatic N) is 2. The highest BCUT2D eigenvalue weighted by molar-refractivity contribution is 5.78. The molecule has 22 heavy (non-hydrogen) atoms. The van der Waals surface area contributed by atoms with Crippen LogP contribution in [0.4, 0.5) is 22.0 Å². The number of hydrogen-bond donors (Lipinski definition) is 0. The normalized spacial score (nSPS) is 12.0. The summed E-state index contributed by atoms with van der Waals surface area (Å²) in [6.45, 7) is 0. The quantitative estimate of drug-likeness (QED) is 0.635. The van der Waals surface area contributed by atoms with Gasteiger partial charge in [-0.3, -0.25) is 9.48 Å². The van der Waals surface area contributed by atoms with E-state index in [9.17, 15) is 26.7 Å². The van der Waals surface area contributed by atoms with Crippen molar-refractivity contribution in [3.05, 3.63) is 52.3 Å². The van der Waals surface area contributed by atoms with Gasteiger partial charge in [-0.05, 0) is 17.7 Å².